The van der Waals surface area contributed by atoms with E-state index in [4.69, 9.17) is 14.4 Å². The molecule has 0 aliphatic carbocycles. The number of pyridine rings is 2. The molecule has 0 saturated carbocycles. The van der Waals surface area contributed by atoms with Crippen LogP contribution in [0.25, 0.3) is 55.6 Å². The molecule has 0 atom stereocenters. The van der Waals surface area contributed by atoms with Gasteiger partial charge in [0.05, 0.1) is 13.7 Å². The van der Waals surface area contributed by atoms with Crippen LogP contribution in [0.1, 0.15) is 43.0 Å². The number of hydrogen-bond donors (Lipinski definition) is 0. The molecule has 0 N–H and O–H groups in total. The van der Waals surface area contributed by atoms with E-state index in [-0.39, 0.29) is 25.5 Å². The monoisotopic (exact) mass is 913 g/mol. The molecule has 0 amide bonds. The summed E-state index contributed by atoms with van der Waals surface area (Å²) in [6.07, 6.45) is 6.03. The fourth-order valence-electron chi connectivity index (χ4n) is 7.10. The first-order valence-corrected chi connectivity index (χ1v) is 22.3. The first-order chi connectivity index (χ1) is 25.9. The third kappa shape index (κ3) is 9.31. The van der Waals surface area contributed by atoms with Crippen LogP contribution >= 0.6 is 0 Å². The molecule has 8 rings (SSSR count). The second kappa shape index (κ2) is 16.8. The summed E-state index contributed by atoms with van der Waals surface area (Å²) < 4.78 is 6.52. The summed E-state index contributed by atoms with van der Waals surface area (Å²) in [6, 6.07) is 50.7. The largest absolute Gasteiger partial charge is 0.500 e. The van der Waals surface area contributed by atoms with Gasteiger partial charge in [-0.25, -0.2) is 0 Å². The number of nitrogens with zero attached hydrogens (tertiary/aromatic N) is 2. The molecule has 55 heavy (non-hydrogen) atoms. The van der Waals surface area contributed by atoms with E-state index >= 15 is 0 Å². The van der Waals surface area contributed by atoms with Crippen LogP contribution in [0.4, 0.5) is 0 Å². The molecule has 5 heteroatoms. The van der Waals surface area contributed by atoms with Crippen molar-refractivity contribution < 1.29 is 24.5 Å². The Morgan fingerprint density at radius 2 is 1.33 bits per heavy atom. The molecule has 0 bridgehead atoms. The van der Waals surface area contributed by atoms with Crippen LogP contribution in [-0.2, 0) is 32.9 Å². The van der Waals surface area contributed by atoms with Crippen molar-refractivity contribution in [2.75, 3.05) is 0 Å². The normalized spacial score (nSPS) is 11.5. The van der Waals surface area contributed by atoms with Gasteiger partial charge in [0.15, 0.2) is 0 Å². The van der Waals surface area contributed by atoms with Crippen LogP contribution in [0, 0.1) is 24.5 Å². The van der Waals surface area contributed by atoms with Gasteiger partial charge in [-0.1, -0.05) is 153 Å². The molecule has 8 aromatic rings. The van der Waals surface area contributed by atoms with E-state index < -0.39 is 8.07 Å². The number of rotatable bonds is 7. The summed E-state index contributed by atoms with van der Waals surface area (Å²) in [7, 11) is -1.43. The summed E-state index contributed by atoms with van der Waals surface area (Å²) in [4.78, 5) is 9.47. The molecule has 0 spiro atoms. The SMILES string of the molecule is C[Si](C)(C)c1cnc(-c2[c-]cccc2)cc1Cc1ccccc1.Cc1cnc(-c2[c-]ccc3c2oc2c(-c4ccccc4)cccc23)cc1CC(C)(C)C.[Ir]. The van der Waals surface area contributed by atoms with E-state index in [9.17, 15) is 0 Å². The van der Waals surface area contributed by atoms with Gasteiger partial charge < -0.3 is 14.4 Å². The van der Waals surface area contributed by atoms with E-state index in [0.29, 0.717) is 0 Å². The Hall–Kier alpha value is -4.93. The van der Waals surface area contributed by atoms with Crippen molar-refractivity contribution >= 4 is 35.2 Å². The Bertz CT molecular complexity index is 2510. The molecule has 0 aliphatic heterocycles. The van der Waals surface area contributed by atoms with Crippen molar-refractivity contribution in [2.24, 2.45) is 5.41 Å². The van der Waals surface area contributed by atoms with E-state index in [1.165, 1.54) is 27.4 Å². The Morgan fingerprint density at radius 1 is 0.655 bits per heavy atom. The topological polar surface area (TPSA) is 38.9 Å². The second-order valence-corrected chi connectivity index (χ2v) is 21.4. The quantitative estimate of drug-likeness (QED) is 0.118. The molecular weight excluding hydrogens is 865 g/mol. The minimum Gasteiger partial charge on any atom is -0.500 e. The summed E-state index contributed by atoms with van der Waals surface area (Å²) in [5, 5.41) is 3.66. The maximum Gasteiger partial charge on any atom is 0.128 e. The standard InChI is InChI=1S/C29H26NO.C21H22NSi.Ir/c1-19-18-30-26(16-21(19)17-29(2,3)4)25-15-9-14-24-23-13-8-12-22(27(23)31-28(24)25)20-10-6-5-7-11-20;1-23(2,3)21-16-22-20(18-12-8-5-9-13-18)15-19(21)14-17-10-6-4-7-11-17;/h5-14,16,18H,17H2,1-4H3;4-12,15-16H,14H2,1-3H3;/q2*-1;. The molecule has 5 aromatic carbocycles. The first kappa shape index (κ1) is 39.8. The van der Waals surface area contributed by atoms with Crippen molar-refractivity contribution in [3.63, 3.8) is 0 Å². The fraction of sp³-hybridized carbons (Fsp3) is 0.200. The van der Waals surface area contributed by atoms with Crippen molar-refractivity contribution in [1.29, 1.82) is 0 Å². The first-order valence-electron chi connectivity index (χ1n) is 18.8. The number of benzene rings is 5. The molecule has 0 unspecified atom stereocenters. The van der Waals surface area contributed by atoms with E-state index in [2.05, 4.69) is 163 Å². The van der Waals surface area contributed by atoms with Crippen molar-refractivity contribution in [2.45, 2.75) is 60.2 Å². The van der Waals surface area contributed by atoms with Gasteiger partial charge in [0, 0.05) is 43.4 Å². The minimum atomic E-state index is -1.43. The van der Waals surface area contributed by atoms with Crippen LogP contribution < -0.4 is 5.19 Å². The average molecular weight is 913 g/mol. The predicted octanol–water partition coefficient (Wildman–Crippen LogP) is 12.7. The van der Waals surface area contributed by atoms with E-state index in [0.717, 1.165) is 68.4 Å². The average Bonchev–Trinajstić information content (AvgIpc) is 3.55. The van der Waals surface area contributed by atoms with Gasteiger partial charge >= 0.3 is 0 Å². The van der Waals surface area contributed by atoms with Gasteiger partial charge in [0.25, 0.3) is 0 Å². The van der Waals surface area contributed by atoms with Crippen molar-refractivity contribution in [1.82, 2.24) is 9.97 Å². The fourth-order valence-corrected chi connectivity index (χ4v) is 8.67. The second-order valence-electron chi connectivity index (χ2n) is 16.4. The van der Waals surface area contributed by atoms with Crippen LogP contribution in [0.2, 0.25) is 19.6 Å². The molecule has 3 heterocycles. The Morgan fingerprint density at radius 3 is 2.02 bits per heavy atom. The third-order valence-electron chi connectivity index (χ3n) is 9.76. The van der Waals surface area contributed by atoms with Crippen LogP contribution in [0.15, 0.2) is 144 Å². The smallest absolute Gasteiger partial charge is 0.128 e. The number of aryl methyl sites for hydroxylation is 1. The zero-order valence-electron chi connectivity index (χ0n) is 32.8. The molecular formula is C50H48IrN2OSi-2. The van der Waals surface area contributed by atoms with Gasteiger partial charge in [-0.05, 0) is 58.4 Å². The summed E-state index contributed by atoms with van der Waals surface area (Å²) >= 11 is 0. The predicted molar refractivity (Wildman–Crippen MR) is 230 cm³/mol. The molecule has 0 saturated heterocycles. The Kier molecular flexibility index (Phi) is 12.2. The van der Waals surface area contributed by atoms with Gasteiger partial charge in [0.1, 0.15) is 5.58 Å². The summed E-state index contributed by atoms with van der Waals surface area (Å²) in [5.74, 6) is 0. The maximum absolute atomic E-state index is 6.52. The van der Waals surface area contributed by atoms with Gasteiger partial charge in [-0.2, -0.15) is 0 Å². The molecule has 279 valence electrons. The third-order valence-corrected chi connectivity index (χ3v) is 11.8. The van der Waals surface area contributed by atoms with Crippen molar-refractivity contribution in [3.8, 4) is 33.6 Å². The number of hydrogen-bond acceptors (Lipinski definition) is 3. The Labute approximate surface area is 341 Å². The molecule has 3 nitrogen and oxygen atoms in total. The molecule has 0 fully saturated rings. The van der Waals surface area contributed by atoms with Crippen LogP contribution in [0.5, 0.6) is 0 Å². The van der Waals surface area contributed by atoms with Crippen molar-refractivity contribution in [3.05, 3.63) is 174 Å². The number of aromatic nitrogens is 2. The number of furan rings is 1. The number of fused-ring (bicyclic) bond motifs is 3. The maximum atomic E-state index is 6.52. The molecule has 3 aromatic heterocycles. The Balaban J connectivity index is 0.000000192. The van der Waals surface area contributed by atoms with Gasteiger partial charge in [0.2, 0.25) is 0 Å². The number of para-hydroxylation sites is 1. The summed E-state index contributed by atoms with van der Waals surface area (Å²) in [5.41, 5.74) is 13.4. The zero-order chi connectivity index (χ0) is 37.9. The molecule has 0 aliphatic rings. The van der Waals surface area contributed by atoms with Gasteiger partial charge in [-0.15, -0.1) is 54.1 Å². The minimum absolute atomic E-state index is 0. The summed E-state index contributed by atoms with van der Waals surface area (Å²) in [6.45, 7) is 16.1. The van der Waals surface area contributed by atoms with Gasteiger partial charge in [-0.3, -0.25) is 0 Å². The van der Waals surface area contributed by atoms with Crippen LogP contribution in [0.3, 0.4) is 0 Å². The van der Waals surface area contributed by atoms with E-state index in [1.807, 2.05) is 36.5 Å². The van der Waals surface area contributed by atoms with Crippen LogP contribution in [-0.4, -0.2) is 18.0 Å². The van der Waals surface area contributed by atoms with E-state index in [1.54, 1.807) is 0 Å². The molecule has 1 radical (unpaired) electrons. The zero-order valence-corrected chi connectivity index (χ0v) is 36.2.